The van der Waals surface area contributed by atoms with Crippen molar-refractivity contribution in [3.05, 3.63) is 45.1 Å². The van der Waals surface area contributed by atoms with Crippen LogP contribution < -0.4 is 5.32 Å². The van der Waals surface area contributed by atoms with Gasteiger partial charge in [-0.25, -0.2) is 9.37 Å². The molecule has 0 saturated heterocycles. The van der Waals surface area contributed by atoms with Gasteiger partial charge in [-0.05, 0) is 30.7 Å². The Balaban J connectivity index is 2.04. The van der Waals surface area contributed by atoms with Crippen LogP contribution in [-0.2, 0) is 6.54 Å². The van der Waals surface area contributed by atoms with E-state index in [9.17, 15) is 4.39 Å². The van der Waals surface area contributed by atoms with Crippen LogP contribution in [0.2, 0.25) is 4.47 Å². The van der Waals surface area contributed by atoms with E-state index in [1.807, 2.05) is 6.92 Å². The van der Waals surface area contributed by atoms with Crippen molar-refractivity contribution >= 4 is 28.6 Å². The molecule has 0 spiro atoms. The minimum Gasteiger partial charge on any atom is -0.380 e. The summed E-state index contributed by atoms with van der Waals surface area (Å²) in [6.07, 6.45) is 1.73. The van der Waals surface area contributed by atoms with Gasteiger partial charge in [-0.3, -0.25) is 0 Å². The van der Waals surface area contributed by atoms with Crippen molar-refractivity contribution in [3.8, 4) is 0 Å². The minimum atomic E-state index is -0.219. The lowest BCUT2D eigenvalue weighted by molar-refractivity contribution is 0.627. The van der Waals surface area contributed by atoms with Crippen LogP contribution in [0.15, 0.2) is 24.4 Å². The van der Waals surface area contributed by atoms with Crippen LogP contribution in [0.4, 0.5) is 10.1 Å². The SMILES string of the molecule is Cc1cc(F)ccc1NCc1cnc(Cl)s1. The van der Waals surface area contributed by atoms with E-state index in [1.54, 1.807) is 12.3 Å². The lowest BCUT2D eigenvalue weighted by Gasteiger charge is -2.07. The van der Waals surface area contributed by atoms with Gasteiger partial charge < -0.3 is 5.32 Å². The fourth-order valence-corrected chi connectivity index (χ4v) is 2.29. The first-order valence-corrected chi connectivity index (χ1v) is 5.95. The van der Waals surface area contributed by atoms with Crippen LogP contribution in [0.5, 0.6) is 0 Å². The van der Waals surface area contributed by atoms with Crippen molar-refractivity contribution in [2.75, 3.05) is 5.32 Å². The number of nitrogens with zero attached hydrogens (tertiary/aromatic N) is 1. The predicted molar refractivity (Wildman–Crippen MR) is 65.6 cm³/mol. The second-order valence-corrected chi connectivity index (χ2v) is 5.09. The number of nitrogens with one attached hydrogen (secondary N) is 1. The predicted octanol–water partition coefficient (Wildman–Crippen LogP) is 3.86. The maximum absolute atomic E-state index is 12.9. The van der Waals surface area contributed by atoms with Gasteiger partial charge in [-0.2, -0.15) is 0 Å². The first-order valence-electron chi connectivity index (χ1n) is 4.75. The molecule has 16 heavy (non-hydrogen) atoms. The summed E-state index contributed by atoms with van der Waals surface area (Å²) in [5.74, 6) is -0.219. The number of benzene rings is 1. The normalized spacial score (nSPS) is 10.4. The fraction of sp³-hybridized carbons (Fsp3) is 0.182. The van der Waals surface area contributed by atoms with Crippen LogP contribution >= 0.6 is 22.9 Å². The van der Waals surface area contributed by atoms with E-state index in [0.29, 0.717) is 11.0 Å². The summed E-state index contributed by atoms with van der Waals surface area (Å²) < 4.78 is 13.4. The molecule has 0 saturated carbocycles. The summed E-state index contributed by atoms with van der Waals surface area (Å²) in [5, 5.41) is 3.21. The number of anilines is 1. The molecule has 1 aromatic carbocycles. The largest absolute Gasteiger partial charge is 0.380 e. The van der Waals surface area contributed by atoms with Gasteiger partial charge in [0.2, 0.25) is 0 Å². The number of hydrogen-bond donors (Lipinski definition) is 1. The van der Waals surface area contributed by atoms with Gasteiger partial charge in [0.05, 0.1) is 6.54 Å². The average molecular weight is 257 g/mol. The van der Waals surface area contributed by atoms with Crippen LogP contribution in [0.25, 0.3) is 0 Å². The van der Waals surface area contributed by atoms with Gasteiger partial charge in [0.1, 0.15) is 5.82 Å². The van der Waals surface area contributed by atoms with E-state index in [4.69, 9.17) is 11.6 Å². The van der Waals surface area contributed by atoms with Crippen LogP contribution in [0.1, 0.15) is 10.4 Å². The smallest absolute Gasteiger partial charge is 0.183 e. The van der Waals surface area contributed by atoms with Gasteiger partial charge in [0.25, 0.3) is 0 Å². The third-order valence-electron chi connectivity index (χ3n) is 2.17. The quantitative estimate of drug-likeness (QED) is 0.902. The molecule has 2 rings (SSSR count). The first-order chi connectivity index (χ1) is 7.65. The molecule has 0 aliphatic heterocycles. The third kappa shape index (κ3) is 2.71. The van der Waals surface area contributed by atoms with E-state index in [0.717, 1.165) is 16.1 Å². The minimum absolute atomic E-state index is 0.219. The van der Waals surface area contributed by atoms with Crippen LogP contribution in [0, 0.1) is 12.7 Å². The number of halogens is 2. The Morgan fingerprint density at radius 2 is 2.31 bits per heavy atom. The molecule has 0 aliphatic rings. The molecule has 0 amide bonds. The zero-order valence-electron chi connectivity index (χ0n) is 8.63. The standard InChI is InChI=1S/C11H10ClFN2S/c1-7-4-8(13)2-3-10(7)14-5-9-6-15-11(12)16-9/h2-4,6,14H,5H2,1H3. The van der Waals surface area contributed by atoms with Crippen molar-refractivity contribution in [2.24, 2.45) is 0 Å². The molecule has 0 aliphatic carbocycles. The number of thiazole rings is 1. The number of aryl methyl sites for hydroxylation is 1. The highest BCUT2D eigenvalue weighted by Gasteiger charge is 2.02. The molecule has 84 valence electrons. The van der Waals surface area contributed by atoms with Crippen molar-refractivity contribution < 1.29 is 4.39 Å². The van der Waals surface area contributed by atoms with E-state index in [-0.39, 0.29) is 5.82 Å². The Morgan fingerprint density at radius 3 is 2.94 bits per heavy atom. The molecule has 0 fully saturated rings. The molecule has 1 aromatic heterocycles. The Labute approximate surface area is 102 Å². The second-order valence-electron chi connectivity index (χ2n) is 3.39. The maximum atomic E-state index is 12.9. The van der Waals surface area contributed by atoms with E-state index in [2.05, 4.69) is 10.3 Å². The molecular weight excluding hydrogens is 247 g/mol. The topological polar surface area (TPSA) is 24.9 Å². The Kier molecular flexibility index (Phi) is 3.41. The Bertz CT molecular complexity index is 498. The lowest BCUT2D eigenvalue weighted by Crippen LogP contribution is -1.99. The molecule has 0 radical (unpaired) electrons. The molecule has 0 bridgehead atoms. The molecule has 0 atom stereocenters. The molecule has 5 heteroatoms. The number of aromatic nitrogens is 1. The first kappa shape index (κ1) is 11.4. The monoisotopic (exact) mass is 256 g/mol. The van der Waals surface area contributed by atoms with E-state index < -0.39 is 0 Å². The van der Waals surface area contributed by atoms with Crippen molar-refractivity contribution in [3.63, 3.8) is 0 Å². The number of hydrogen-bond acceptors (Lipinski definition) is 3. The van der Waals surface area contributed by atoms with E-state index >= 15 is 0 Å². The van der Waals surface area contributed by atoms with Crippen molar-refractivity contribution in [1.82, 2.24) is 4.98 Å². The zero-order valence-corrected chi connectivity index (χ0v) is 10.2. The molecule has 0 unspecified atom stereocenters. The highest BCUT2D eigenvalue weighted by Crippen LogP contribution is 2.21. The third-order valence-corrected chi connectivity index (χ3v) is 3.28. The highest BCUT2D eigenvalue weighted by molar-refractivity contribution is 7.15. The molecule has 1 N–H and O–H groups in total. The van der Waals surface area contributed by atoms with Gasteiger partial charge in [0.15, 0.2) is 4.47 Å². The molecule has 2 aromatic rings. The van der Waals surface area contributed by atoms with Gasteiger partial charge in [-0.1, -0.05) is 11.6 Å². The van der Waals surface area contributed by atoms with E-state index in [1.165, 1.54) is 23.5 Å². The second kappa shape index (κ2) is 4.80. The summed E-state index contributed by atoms with van der Waals surface area (Å²) >= 11 is 7.16. The summed E-state index contributed by atoms with van der Waals surface area (Å²) in [4.78, 5) is 5.00. The van der Waals surface area contributed by atoms with Crippen molar-refractivity contribution in [1.29, 1.82) is 0 Å². The van der Waals surface area contributed by atoms with Gasteiger partial charge in [0, 0.05) is 16.8 Å². The summed E-state index contributed by atoms with van der Waals surface area (Å²) in [7, 11) is 0. The van der Waals surface area contributed by atoms with Crippen LogP contribution in [0.3, 0.4) is 0 Å². The van der Waals surface area contributed by atoms with Gasteiger partial charge in [-0.15, -0.1) is 11.3 Å². The zero-order chi connectivity index (χ0) is 11.5. The van der Waals surface area contributed by atoms with Crippen molar-refractivity contribution in [2.45, 2.75) is 13.5 Å². The summed E-state index contributed by atoms with van der Waals surface area (Å²) in [5.41, 5.74) is 1.81. The maximum Gasteiger partial charge on any atom is 0.183 e. The Hall–Kier alpha value is -1.13. The lowest BCUT2D eigenvalue weighted by atomic mass is 10.2. The molecule has 2 nitrogen and oxygen atoms in total. The average Bonchev–Trinajstić information content (AvgIpc) is 2.63. The highest BCUT2D eigenvalue weighted by atomic mass is 35.5. The Morgan fingerprint density at radius 1 is 1.50 bits per heavy atom. The summed E-state index contributed by atoms with van der Waals surface area (Å²) in [6, 6.07) is 4.67. The number of rotatable bonds is 3. The van der Waals surface area contributed by atoms with Gasteiger partial charge >= 0.3 is 0 Å². The molecular formula is C11H10ClFN2S. The summed E-state index contributed by atoms with van der Waals surface area (Å²) in [6.45, 7) is 2.52. The molecule has 1 heterocycles. The fourth-order valence-electron chi connectivity index (χ4n) is 1.37. The van der Waals surface area contributed by atoms with Crippen LogP contribution in [-0.4, -0.2) is 4.98 Å².